The second-order valence-corrected chi connectivity index (χ2v) is 5.26. The Kier molecular flexibility index (Phi) is 4.36. The van der Waals surface area contributed by atoms with Gasteiger partial charge in [0, 0.05) is 11.6 Å². The van der Waals surface area contributed by atoms with E-state index in [0.29, 0.717) is 0 Å². The SMILES string of the molecule is CCN1CCCCC(N)C1c1cc(C)ccc1F. The van der Waals surface area contributed by atoms with Crippen molar-refractivity contribution in [3.63, 3.8) is 0 Å². The first kappa shape index (κ1) is 13.5. The van der Waals surface area contributed by atoms with Crippen LogP contribution < -0.4 is 5.73 Å². The topological polar surface area (TPSA) is 29.3 Å². The molecule has 0 amide bonds. The van der Waals surface area contributed by atoms with Gasteiger partial charge in [0.05, 0.1) is 6.04 Å². The Balaban J connectivity index is 2.39. The van der Waals surface area contributed by atoms with Gasteiger partial charge in [-0.2, -0.15) is 0 Å². The molecule has 2 nitrogen and oxygen atoms in total. The maximum atomic E-state index is 14.1. The van der Waals surface area contributed by atoms with Crippen molar-refractivity contribution < 1.29 is 4.39 Å². The van der Waals surface area contributed by atoms with Crippen LogP contribution in [0.5, 0.6) is 0 Å². The van der Waals surface area contributed by atoms with Crippen molar-refractivity contribution in [3.05, 3.63) is 35.1 Å². The molecule has 0 aliphatic carbocycles. The van der Waals surface area contributed by atoms with Gasteiger partial charge in [-0.25, -0.2) is 4.39 Å². The molecule has 100 valence electrons. The van der Waals surface area contributed by atoms with Crippen LogP contribution in [-0.4, -0.2) is 24.0 Å². The molecule has 0 bridgehead atoms. The molecule has 2 N–H and O–H groups in total. The monoisotopic (exact) mass is 250 g/mol. The number of benzene rings is 1. The molecule has 0 spiro atoms. The molecule has 2 unspecified atom stereocenters. The first-order chi connectivity index (χ1) is 8.63. The van der Waals surface area contributed by atoms with Crippen LogP contribution in [0.3, 0.4) is 0 Å². The first-order valence-corrected chi connectivity index (χ1v) is 6.89. The molecule has 3 heteroatoms. The third kappa shape index (κ3) is 2.73. The zero-order chi connectivity index (χ0) is 13.1. The fraction of sp³-hybridized carbons (Fsp3) is 0.600. The Morgan fingerprint density at radius 3 is 2.89 bits per heavy atom. The van der Waals surface area contributed by atoms with Crippen LogP contribution in [0.2, 0.25) is 0 Å². The fourth-order valence-electron chi connectivity index (χ4n) is 2.93. The van der Waals surface area contributed by atoms with E-state index in [-0.39, 0.29) is 17.9 Å². The smallest absolute Gasteiger partial charge is 0.128 e. The molecule has 18 heavy (non-hydrogen) atoms. The highest BCUT2D eigenvalue weighted by atomic mass is 19.1. The van der Waals surface area contributed by atoms with Gasteiger partial charge in [-0.1, -0.05) is 31.0 Å². The van der Waals surface area contributed by atoms with Crippen LogP contribution in [-0.2, 0) is 0 Å². The minimum atomic E-state index is -0.124. The second kappa shape index (κ2) is 5.81. The summed E-state index contributed by atoms with van der Waals surface area (Å²) in [5, 5.41) is 0. The van der Waals surface area contributed by atoms with Crippen molar-refractivity contribution >= 4 is 0 Å². The predicted octanol–water partition coefficient (Wildman–Crippen LogP) is 3.01. The van der Waals surface area contributed by atoms with Crippen molar-refractivity contribution in [1.29, 1.82) is 0 Å². The lowest BCUT2D eigenvalue weighted by molar-refractivity contribution is 0.191. The lowest BCUT2D eigenvalue weighted by atomic mass is 9.94. The summed E-state index contributed by atoms with van der Waals surface area (Å²) in [6.45, 7) is 6.06. The summed E-state index contributed by atoms with van der Waals surface area (Å²) in [6.07, 6.45) is 3.28. The molecule has 1 saturated heterocycles. The van der Waals surface area contributed by atoms with Gasteiger partial charge < -0.3 is 5.73 Å². The van der Waals surface area contributed by atoms with Crippen molar-refractivity contribution in [2.45, 2.75) is 45.2 Å². The van der Waals surface area contributed by atoms with Crippen molar-refractivity contribution in [2.24, 2.45) is 5.73 Å². The van der Waals surface area contributed by atoms with E-state index in [2.05, 4.69) is 11.8 Å². The molecule has 1 aromatic carbocycles. The van der Waals surface area contributed by atoms with E-state index in [1.54, 1.807) is 6.07 Å². The second-order valence-electron chi connectivity index (χ2n) is 5.26. The van der Waals surface area contributed by atoms with E-state index in [4.69, 9.17) is 5.73 Å². The van der Waals surface area contributed by atoms with Crippen LogP contribution in [0.25, 0.3) is 0 Å². The van der Waals surface area contributed by atoms with Gasteiger partial charge in [-0.05, 0) is 38.9 Å². The van der Waals surface area contributed by atoms with Gasteiger partial charge >= 0.3 is 0 Å². The van der Waals surface area contributed by atoms with Gasteiger partial charge in [0.15, 0.2) is 0 Å². The highest BCUT2D eigenvalue weighted by molar-refractivity contribution is 5.28. The Labute approximate surface area is 109 Å². The molecule has 0 aromatic heterocycles. The summed E-state index contributed by atoms with van der Waals surface area (Å²) in [6, 6.07) is 5.39. The number of likely N-dealkylation sites (tertiary alicyclic amines) is 1. The molecule has 1 heterocycles. The number of halogens is 1. The summed E-state index contributed by atoms with van der Waals surface area (Å²) in [5.41, 5.74) is 8.15. The highest BCUT2D eigenvalue weighted by Crippen LogP contribution is 2.31. The Morgan fingerprint density at radius 2 is 2.17 bits per heavy atom. The molecular weight excluding hydrogens is 227 g/mol. The zero-order valence-corrected chi connectivity index (χ0v) is 11.3. The van der Waals surface area contributed by atoms with Crippen LogP contribution in [0.4, 0.5) is 4.39 Å². The largest absolute Gasteiger partial charge is 0.326 e. The van der Waals surface area contributed by atoms with Gasteiger partial charge in [-0.15, -0.1) is 0 Å². The first-order valence-electron chi connectivity index (χ1n) is 6.89. The lowest BCUT2D eigenvalue weighted by Gasteiger charge is -2.33. The molecule has 0 saturated carbocycles. The quantitative estimate of drug-likeness (QED) is 0.874. The fourth-order valence-corrected chi connectivity index (χ4v) is 2.93. The summed E-state index contributed by atoms with van der Waals surface area (Å²) in [7, 11) is 0. The highest BCUT2D eigenvalue weighted by Gasteiger charge is 2.29. The van der Waals surface area contributed by atoms with E-state index in [1.165, 1.54) is 0 Å². The predicted molar refractivity (Wildman–Crippen MR) is 73.0 cm³/mol. The van der Waals surface area contributed by atoms with E-state index < -0.39 is 0 Å². The summed E-state index contributed by atoms with van der Waals surface area (Å²) < 4.78 is 14.1. The van der Waals surface area contributed by atoms with Crippen molar-refractivity contribution in [1.82, 2.24) is 4.90 Å². The normalized spacial score (nSPS) is 26.0. The molecule has 1 aliphatic rings. The average molecular weight is 250 g/mol. The third-order valence-electron chi connectivity index (χ3n) is 3.91. The summed E-state index contributed by atoms with van der Waals surface area (Å²) >= 11 is 0. The lowest BCUT2D eigenvalue weighted by Crippen LogP contribution is -2.40. The maximum absolute atomic E-state index is 14.1. The number of hydrogen-bond acceptors (Lipinski definition) is 2. The number of likely N-dealkylation sites (N-methyl/N-ethyl adjacent to an activating group) is 1. The van der Waals surface area contributed by atoms with E-state index in [1.807, 2.05) is 19.1 Å². The Morgan fingerprint density at radius 1 is 1.39 bits per heavy atom. The maximum Gasteiger partial charge on any atom is 0.128 e. The molecule has 2 atom stereocenters. The number of nitrogens with zero attached hydrogens (tertiary/aromatic N) is 1. The van der Waals surface area contributed by atoms with Gasteiger partial charge in [0.1, 0.15) is 5.82 Å². The van der Waals surface area contributed by atoms with E-state index in [9.17, 15) is 4.39 Å². The number of aryl methyl sites for hydroxylation is 1. The molecule has 1 fully saturated rings. The number of rotatable bonds is 2. The summed E-state index contributed by atoms with van der Waals surface area (Å²) in [4.78, 5) is 2.32. The minimum absolute atomic E-state index is 0.0254. The van der Waals surface area contributed by atoms with Crippen LogP contribution in [0.15, 0.2) is 18.2 Å². The molecule has 2 rings (SSSR count). The average Bonchev–Trinajstić information content (AvgIpc) is 2.54. The zero-order valence-electron chi connectivity index (χ0n) is 11.3. The van der Waals surface area contributed by atoms with Crippen molar-refractivity contribution in [2.75, 3.05) is 13.1 Å². The summed E-state index contributed by atoms with van der Waals surface area (Å²) in [5.74, 6) is -0.124. The third-order valence-corrected chi connectivity index (χ3v) is 3.91. The standard InChI is InChI=1S/C15H23FN2/c1-3-18-9-5-4-6-14(17)15(18)12-10-11(2)7-8-13(12)16/h7-8,10,14-15H,3-6,9,17H2,1-2H3. The van der Waals surface area contributed by atoms with E-state index in [0.717, 1.165) is 43.5 Å². The van der Waals surface area contributed by atoms with E-state index >= 15 is 0 Å². The molecule has 0 radical (unpaired) electrons. The van der Waals surface area contributed by atoms with Gasteiger partial charge in [-0.3, -0.25) is 4.90 Å². The minimum Gasteiger partial charge on any atom is -0.326 e. The van der Waals surface area contributed by atoms with Gasteiger partial charge in [0.25, 0.3) is 0 Å². The molecule has 1 aromatic rings. The number of nitrogens with two attached hydrogens (primary N) is 1. The van der Waals surface area contributed by atoms with Crippen molar-refractivity contribution in [3.8, 4) is 0 Å². The Bertz CT molecular complexity index is 405. The molecular formula is C15H23FN2. The van der Waals surface area contributed by atoms with Crippen LogP contribution >= 0.6 is 0 Å². The van der Waals surface area contributed by atoms with Crippen LogP contribution in [0, 0.1) is 12.7 Å². The van der Waals surface area contributed by atoms with Crippen LogP contribution in [0.1, 0.15) is 43.4 Å². The Hall–Kier alpha value is -0.930. The molecule has 1 aliphatic heterocycles. The van der Waals surface area contributed by atoms with Gasteiger partial charge in [0.2, 0.25) is 0 Å². The number of hydrogen-bond donors (Lipinski definition) is 1.